The number of hydrogen-bond donors (Lipinski definition) is 1. The van der Waals surface area contributed by atoms with Gasteiger partial charge in [0.25, 0.3) is 0 Å². The van der Waals surface area contributed by atoms with E-state index in [2.05, 4.69) is 33.2 Å². The molecule has 5 nitrogen and oxygen atoms in total. The van der Waals surface area contributed by atoms with Gasteiger partial charge >= 0.3 is 0 Å². The second-order valence-corrected chi connectivity index (χ2v) is 11.0. The van der Waals surface area contributed by atoms with Crippen LogP contribution in [0.15, 0.2) is 36.5 Å². The summed E-state index contributed by atoms with van der Waals surface area (Å²) in [6, 6.07) is 10.4. The Morgan fingerprint density at radius 2 is 1.94 bits per heavy atom. The van der Waals surface area contributed by atoms with Gasteiger partial charge in [-0.05, 0) is 68.9 Å². The maximum absolute atomic E-state index is 14.6. The quantitative estimate of drug-likeness (QED) is 0.631. The van der Waals surface area contributed by atoms with Crippen LogP contribution < -0.4 is 4.90 Å². The molecule has 5 fully saturated rings. The third-order valence-electron chi connectivity index (χ3n) is 8.85. The van der Waals surface area contributed by atoms with Crippen molar-refractivity contribution < 1.29 is 9.50 Å². The Morgan fingerprint density at radius 1 is 1.13 bits per heavy atom. The normalized spacial score (nSPS) is 30.1. The predicted octanol–water partition coefficient (Wildman–Crippen LogP) is 4.57. The molecule has 3 saturated carbocycles. The van der Waals surface area contributed by atoms with E-state index < -0.39 is 11.5 Å². The van der Waals surface area contributed by atoms with Gasteiger partial charge in [-0.1, -0.05) is 12.1 Å². The second kappa shape index (κ2) is 5.47. The summed E-state index contributed by atoms with van der Waals surface area (Å²) >= 11 is 0. The minimum absolute atomic E-state index is 0.123. The molecule has 5 aliphatic rings. The van der Waals surface area contributed by atoms with Crippen molar-refractivity contribution >= 4 is 16.7 Å². The van der Waals surface area contributed by atoms with Gasteiger partial charge in [-0.2, -0.15) is 9.49 Å². The van der Waals surface area contributed by atoms with Gasteiger partial charge in [0.15, 0.2) is 0 Å². The molecule has 2 aromatic heterocycles. The Labute approximate surface area is 180 Å². The van der Waals surface area contributed by atoms with Crippen molar-refractivity contribution in [2.24, 2.45) is 10.8 Å². The molecule has 31 heavy (non-hydrogen) atoms. The fraction of sp³-hybridized carbons (Fsp3) is 0.520. The number of aliphatic hydroxyl groups is 1. The Balaban J connectivity index is 1.27. The number of rotatable bonds is 4. The number of nitrogens with zero attached hydrogens (tertiary/aromatic N) is 4. The first-order chi connectivity index (χ1) is 14.8. The molecule has 160 valence electrons. The number of halogens is 1. The molecule has 1 spiro atoms. The Kier molecular flexibility index (Phi) is 3.20. The zero-order chi connectivity index (χ0) is 21.2. The SMILES string of the molecule is CC(C)(O)C12CC(C1)N(c1cc(-n3ncc4ccc(C5CC56CC6)cc43)cc(F)n1)C2. The molecule has 1 unspecified atom stereocenters. The van der Waals surface area contributed by atoms with E-state index in [9.17, 15) is 9.50 Å². The van der Waals surface area contributed by atoms with Gasteiger partial charge in [0.1, 0.15) is 5.82 Å². The first-order valence-electron chi connectivity index (χ1n) is 11.4. The predicted molar refractivity (Wildman–Crippen MR) is 117 cm³/mol. The highest BCUT2D eigenvalue weighted by atomic mass is 19.1. The molecular weight excluding hydrogens is 391 g/mol. The Bertz CT molecular complexity index is 1230. The van der Waals surface area contributed by atoms with E-state index in [1.54, 1.807) is 0 Å². The fourth-order valence-corrected chi connectivity index (χ4v) is 6.34. The van der Waals surface area contributed by atoms with Crippen molar-refractivity contribution in [1.29, 1.82) is 0 Å². The number of pyridine rings is 1. The van der Waals surface area contributed by atoms with E-state index in [1.807, 2.05) is 30.8 Å². The van der Waals surface area contributed by atoms with E-state index in [0.717, 1.165) is 23.7 Å². The lowest BCUT2D eigenvalue weighted by molar-refractivity contribution is -0.0754. The van der Waals surface area contributed by atoms with Crippen LogP contribution in [0.1, 0.15) is 57.4 Å². The molecule has 1 atom stereocenters. The summed E-state index contributed by atoms with van der Waals surface area (Å²) in [7, 11) is 0. The average molecular weight is 419 g/mol. The third-order valence-corrected chi connectivity index (χ3v) is 8.85. The monoisotopic (exact) mass is 418 g/mol. The minimum Gasteiger partial charge on any atom is -0.390 e. The molecule has 3 aromatic rings. The third kappa shape index (κ3) is 2.45. The summed E-state index contributed by atoms with van der Waals surface area (Å²) in [5, 5.41) is 16.3. The zero-order valence-corrected chi connectivity index (χ0v) is 18.0. The minimum atomic E-state index is -0.745. The van der Waals surface area contributed by atoms with Gasteiger partial charge in [0.05, 0.1) is 23.0 Å². The van der Waals surface area contributed by atoms with Gasteiger partial charge in [0, 0.05) is 35.5 Å². The van der Waals surface area contributed by atoms with Crippen LogP contribution in [0.3, 0.4) is 0 Å². The summed E-state index contributed by atoms with van der Waals surface area (Å²) in [6.07, 6.45) is 7.74. The highest BCUT2D eigenvalue weighted by Crippen LogP contribution is 2.75. The van der Waals surface area contributed by atoms with E-state index in [4.69, 9.17) is 0 Å². The van der Waals surface area contributed by atoms with Crippen molar-refractivity contribution in [3.8, 4) is 5.69 Å². The van der Waals surface area contributed by atoms with Crippen LogP contribution in [-0.4, -0.2) is 38.1 Å². The maximum atomic E-state index is 14.6. The Hall–Kier alpha value is -2.47. The number of hydrogen-bond acceptors (Lipinski definition) is 4. The first-order valence-corrected chi connectivity index (χ1v) is 11.4. The molecule has 8 rings (SSSR count). The molecular formula is C25H27FN4O. The average Bonchev–Trinajstić information content (AvgIpc) is 3.43. The van der Waals surface area contributed by atoms with Gasteiger partial charge in [-0.3, -0.25) is 0 Å². The Morgan fingerprint density at radius 3 is 2.61 bits per heavy atom. The molecule has 0 amide bonds. The van der Waals surface area contributed by atoms with Crippen LogP contribution in [0.5, 0.6) is 0 Å². The molecule has 1 aromatic carbocycles. The topological polar surface area (TPSA) is 54.2 Å². The van der Waals surface area contributed by atoms with Crippen LogP contribution in [0.25, 0.3) is 16.6 Å². The van der Waals surface area contributed by atoms with Crippen LogP contribution in [0.4, 0.5) is 10.2 Å². The van der Waals surface area contributed by atoms with E-state index >= 15 is 0 Å². The maximum Gasteiger partial charge on any atom is 0.216 e. The molecule has 2 aliphatic heterocycles. The van der Waals surface area contributed by atoms with E-state index in [-0.39, 0.29) is 5.41 Å². The summed E-state index contributed by atoms with van der Waals surface area (Å²) in [6.45, 7) is 4.48. The smallest absolute Gasteiger partial charge is 0.216 e. The lowest BCUT2D eigenvalue weighted by Crippen LogP contribution is -2.50. The first kappa shape index (κ1) is 18.1. The second-order valence-electron chi connectivity index (χ2n) is 11.0. The zero-order valence-electron chi connectivity index (χ0n) is 18.0. The highest BCUT2D eigenvalue weighted by Gasteiger charge is 2.63. The largest absolute Gasteiger partial charge is 0.390 e. The lowest BCUT2D eigenvalue weighted by Gasteiger charge is -2.45. The number of anilines is 1. The molecule has 3 aliphatic carbocycles. The molecule has 0 radical (unpaired) electrons. The molecule has 2 bridgehead atoms. The van der Waals surface area contributed by atoms with Crippen molar-refractivity contribution in [1.82, 2.24) is 14.8 Å². The van der Waals surface area contributed by atoms with Crippen molar-refractivity contribution in [2.45, 2.75) is 63.5 Å². The molecule has 2 saturated heterocycles. The summed E-state index contributed by atoms with van der Waals surface area (Å²) in [4.78, 5) is 6.38. The van der Waals surface area contributed by atoms with Gasteiger partial charge in [-0.15, -0.1) is 0 Å². The molecule has 6 heteroatoms. The van der Waals surface area contributed by atoms with Crippen molar-refractivity contribution in [2.75, 3.05) is 11.4 Å². The summed E-state index contributed by atoms with van der Waals surface area (Å²) in [5.74, 6) is 0.829. The van der Waals surface area contributed by atoms with E-state index in [1.165, 1.54) is 30.9 Å². The van der Waals surface area contributed by atoms with E-state index in [0.29, 0.717) is 35.4 Å². The number of benzene rings is 1. The lowest BCUT2D eigenvalue weighted by atomic mass is 9.61. The fourth-order valence-electron chi connectivity index (χ4n) is 6.34. The number of fused-ring (bicyclic) bond motifs is 2. The van der Waals surface area contributed by atoms with Crippen LogP contribution in [-0.2, 0) is 0 Å². The van der Waals surface area contributed by atoms with Crippen molar-refractivity contribution in [3.63, 3.8) is 0 Å². The van der Waals surface area contributed by atoms with Crippen LogP contribution in [0.2, 0.25) is 0 Å². The molecule has 4 heterocycles. The summed E-state index contributed by atoms with van der Waals surface area (Å²) < 4.78 is 16.5. The van der Waals surface area contributed by atoms with Gasteiger partial charge in [0.2, 0.25) is 5.95 Å². The standard InChI is InChI=1S/C25H27FN4O/c1-23(2,31)25-10-18(11-25)29(14-25)22-9-17(8-21(26)28-22)30-20-7-15(3-4-16(20)13-27-30)19-12-24(19)5-6-24/h3-4,7-9,13,18-19,31H,5-6,10-12,14H2,1-2H3. The summed E-state index contributed by atoms with van der Waals surface area (Å²) in [5.41, 5.74) is 2.84. The van der Waals surface area contributed by atoms with Crippen LogP contribution >= 0.6 is 0 Å². The van der Waals surface area contributed by atoms with Gasteiger partial charge < -0.3 is 10.0 Å². The number of aromatic nitrogens is 3. The van der Waals surface area contributed by atoms with Gasteiger partial charge in [-0.25, -0.2) is 9.67 Å². The van der Waals surface area contributed by atoms with Crippen molar-refractivity contribution in [3.05, 3.63) is 48.0 Å². The highest BCUT2D eigenvalue weighted by molar-refractivity contribution is 5.81. The molecule has 1 N–H and O–H groups in total. The van der Waals surface area contributed by atoms with Crippen LogP contribution in [0, 0.1) is 16.8 Å².